The fraction of sp³-hybridized carbons (Fsp3) is 0.778. The Bertz CT molecular complexity index is 145. The molecule has 1 fully saturated rings. The SMILES string of the molecule is C1=C(CC2CO2)CCCC1. The third-order valence-corrected chi connectivity index (χ3v) is 2.28. The van der Waals surface area contributed by atoms with Crippen molar-refractivity contribution in [1.82, 2.24) is 0 Å². The Labute approximate surface area is 62.1 Å². The molecule has 1 atom stereocenters. The first-order valence-corrected chi connectivity index (χ1v) is 4.24. The average Bonchev–Trinajstić information content (AvgIpc) is 2.74. The summed E-state index contributed by atoms with van der Waals surface area (Å²) >= 11 is 0. The van der Waals surface area contributed by atoms with Crippen LogP contribution in [0.2, 0.25) is 0 Å². The zero-order valence-corrected chi connectivity index (χ0v) is 6.31. The van der Waals surface area contributed by atoms with Gasteiger partial charge in [0.2, 0.25) is 0 Å². The third-order valence-electron chi connectivity index (χ3n) is 2.28. The molecule has 0 saturated carbocycles. The predicted molar refractivity (Wildman–Crippen MR) is 40.9 cm³/mol. The molecule has 1 aliphatic carbocycles. The molecule has 1 nitrogen and oxygen atoms in total. The van der Waals surface area contributed by atoms with Crippen molar-refractivity contribution in [2.45, 2.75) is 38.2 Å². The molecule has 56 valence electrons. The predicted octanol–water partition coefficient (Wildman–Crippen LogP) is 2.28. The minimum atomic E-state index is 0.601. The van der Waals surface area contributed by atoms with Crippen molar-refractivity contribution in [1.29, 1.82) is 0 Å². The maximum Gasteiger partial charge on any atom is 0.0846 e. The summed E-state index contributed by atoms with van der Waals surface area (Å²) < 4.78 is 5.17. The van der Waals surface area contributed by atoms with Crippen LogP contribution >= 0.6 is 0 Å². The molecule has 10 heavy (non-hydrogen) atoms. The fourth-order valence-electron chi connectivity index (χ4n) is 1.57. The van der Waals surface area contributed by atoms with E-state index in [1.807, 2.05) is 0 Å². The van der Waals surface area contributed by atoms with E-state index in [0.29, 0.717) is 6.10 Å². The quantitative estimate of drug-likeness (QED) is 0.421. The highest BCUT2D eigenvalue weighted by Crippen LogP contribution is 2.26. The van der Waals surface area contributed by atoms with Crippen molar-refractivity contribution >= 4 is 0 Å². The molecule has 0 spiro atoms. The summed E-state index contributed by atoms with van der Waals surface area (Å²) in [5, 5.41) is 0. The van der Waals surface area contributed by atoms with Crippen LogP contribution in [-0.2, 0) is 4.74 Å². The van der Waals surface area contributed by atoms with E-state index in [1.54, 1.807) is 5.57 Å². The molecule has 0 aromatic heterocycles. The summed E-state index contributed by atoms with van der Waals surface area (Å²) in [5.41, 5.74) is 1.65. The Hall–Kier alpha value is -0.300. The van der Waals surface area contributed by atoms with Crippen molar-refractivity contribution in [3.63, 3.8) is 0 Å². The van der Waals surface area contributed by atoms with E-state index in [4.69, 9.17) is 4.74 Å². The molecular weight excluding hydrogens is 124 g/mol. The molecule has 1 aliphatic heterocycles. The fourth-order valence-corrected chi connectivity index (χ4v) is 1.57. The molecule has 1 saturated heterocycles. The summed E-state index contributed by atoms with van der Waals surface area (Å²) in [6.45, 7) is 1.01. The molecule has 1 unspecified atom stereocenters. The standard InChI is InChI=1S/C9H14O/c1-2-4-8(5-3-1)6-9-7-10-9/h4,9H,1-3,5-7H2. The van der Waals surface area contributed by atoms with Gasteiger partial charge in [-0.3, -0.25) is 0 Å². The number of ether oxygens (including phenoxy) is 1. The van der Waals surface area contributed by atoms with Gasteiger partial charge in [-0.1, -0.05) is 11.6 Å². The van der Waals surface area contributed by atoms with Crippen LogP contribution in [0.25, 0.3) is 0 Å². The summed E-state index contributed by atoms with van der Waals surface area (Å²) in [7, 11) is 0. The monoisotopic (exact) mass is 138 g/mol. The molecule has 2 rings (SSSR count). The van der Waals surface area contributed by atoms with Gasteiger partial charge in [0.05, 0.1) is 12.7 Å². The van der Waals surface area contributed by atoms with Gasteiger partial charge >= 0.3 is 0 Å². The summed E-state index contributed by atoms with van der Waals surface area (Å²) in [4.78, 5) is 0. The Morgan fingerprint density at radius 3 is 3.00 bits per heavy atom. The maximum absolute atomic E-state index is 5.17. The lowest BCUT2D eigenvalue weighted by Crippen LogP contribution is -1.95. The smallest absolute Gasteiger partial charge is 0.0846 e. The first-order chi connectivity index (χ1) is 4.95. The molecule has 0 aromatic carbocycles. The molecule has 0 N–H and O–H groups in total. The molecule has 0 aromatic rings. The lowest BCUT2D eigenvalue weighted by molar-refractivity contribution is 0.403. The largest absolute Gasteiger partial charge is 0.373 e. The van der Waals surface area contributed by atoms with Crippen LogP contribution in [0.3, 0.4) is 0 Å². The van der Waals surface area contributed by atoms with Crippen LogP contribution in [0.5, 0.6) is 0 Å². The maximum atomic E-state index is 5.17. The number of allylic oxidation sites excluding steroid dienone is 1. The van der Waals surface area contributed by atoms with Crippen LogP contribution < -0.4 is 0 Å². The van der Waals surface area contributed by atoms with E-state index in [0.717, 1.165) is 6.61 Å². The molecule has 1 heterocycles. The summed E-state index contributed by atoms with van der Waals surface area (Å²) in [5.74, 6) is 0. The molecular formula is C9H14O. The highest BCUT2D eigenvalue weighted by Gasteiger charge is 2.23. The van der Waals surface area contributed by atoms with Gasteiger partial charge in [-0.05, 0) is 32.1 Å². The van der Waals surface area contributed by atoms with Gasteiger partial charge in [-0.15, -0.1) is 0 Å². The number of epoxide rings is 1. The number of rotatable bonds is 2. The zero-order chi connectivity index (χ0) is 6.81. The van der Waals surface area contributed by atoms with Crippen molar-refractivity contribution in [3.05, 3.63) is 11.6 Å². The molecule has 0 bridgehead atoms. The van der Waals surface area contributed by atoms with Crippen LogP contribution in [0.15, 0.2) is 11.6 Å². The minimum absolute atomic E-state index is 0.601. The Morgan fingerprint density at radius 1 is 1.50 bits per heavy atom. The Kier molecular flexibility index (Phi) is 1.76. The topological polar surface area (TPSA) is 12.5 Å². The number of hydrogen-bond acceptors (Lipinski definition) is 1. The first kappa shape index (κ1) is 6.41. The normalized spacial score (nSPS) is 31.6. The highest BCUT2D eigenvalue weighted by molar-refractivity contribution is 5.07. The zero-order valence-electron chi connectivity index (χ0n) is 6.31. The van der Waals surface area contributed by atoms with Gasteiger partial charge in [0.1, 0.15) is 0 Å². The van der Waals surface area contributed by atoms with Gasteiger partial charge < -0.3 is 4.74 Å². The second-order valence-electron chi connectivity index (χ2n) is 3.27. The van der Waals surface area contributed by atoms with Gasteiger partial charge in [-0.25, -0.2) is 0 Å². The van der Waals surface area contributed by atoms with Gasteiger partial charge in [-0.2, -0.15) is 0 Å². The number of hydrogen-bond donors (Lipinski definition) is 0. The highest BCUT2D eigenvalue weighted by atomic mass is 16.6. The molecule has 2 aliphatic rings. The third kappa shape index (κ3) is 1.60. The van der Waals surface area contributed by atoms with Crippen LogP contribution in [0.4, 0.5) is 0 Å². The van der Waals surface area contributed by atoms with Crippen molar-refractivity contribution in [2.75, 3.05) is 6.61 Å². The minimum Gasteiger partial charge on any atom is -0.373 e. The van der Waals surface area contributed by atoms with Gasteiger partial charge in [0, 0.05) is 0 Å². The summed E-state index contributed by atoms with van der Waals surface area (Å²) in [6, 6.07) is 0. The average molecular weight is 138 g/mol. The molecule has 0 amide bonds. The van der Waals surface area contributed by atoms with Crippen LogP contribution in [-0.4, -0.2) is 12.7 Å². The van der Waals surface area contributed by atoms with Crippen LogP contribution in [0.1, 0.15) is 32.1 Å². The van der Waals surface area contributed by atoms with E-state index in [2.05, 4.69) is 6.08 Å². The van der Waals surface area contributed by atoms with E-state index in [9.17, 15) is 0 Å². The first-order valence-electron chi connectivity index (χ1n) is 4.24. The lowest BCUT2D eigenvalue weighted by Gasteiger charge is -2.10. The second-order valence-corrected chi connectivity index (χ2v) is 3.27. The van der Waals surface area contributed by atoms with E-state index >= 15 is 0 Å². The molecule has 1 heteroatoms. The van der Waals surface area contributed by atoms with Crippen molar-refractivity contribution in [2.24, 2.45) is 0 Å². The van der Waals surface area contributed by atoms with Crippen molar-refractivity contribution in [3.8, 4) is 0 Å². The van der Waals surface area contributed by atoms with Crippen molar-refractivity contribution < 1.29 is 4.74 Å². The van der Waals surface area contributed by atoms with E-state index in [1.165, 1.54) is 32.1 Å². The van der Waals surface area contributed by atoms with E-state index < -0.39 is 0 Å². The van der Waals surface area contributed by atoms with Gasteiger partial charge in [0.15, 0.2) is 0 Å². The molecule has 0 radical (unpaired) electrons. The summed E-state index contributed by atoms with van der Waals surface area (Å²) in [6.07, 6.45) is 9.67. The van der Waals surface area contributed by atoms with Gasteiger partial charge in [0.25, 0.3) is 0 Å². The Morgan fingerprint density at radius 2 is 2.40 bits per heavy atom. The van der Waals surface area contributed by atoms with Crippen LogP contribution in [0, 0.1) is 0 Å². The second kappa shape index (κ2) is 2.75. The Balaban J connectivity index is 1.83. The van der Waals surface area contributed by atoms with E-state index in [-0.39, 0.29) is 0 Å². The lowest BCUT2D eigenvalue weighted by atomic mass is 9.96.